The number of amides is 1. The molecule has 158 valence electrons. The van der Waals surface area contributed by atoms with Crippen LogP contribution >= 0.6 is 0 Å². The van der Waals surface area contributed by atoms with E-state index in [1.807, 2.05) is 28.8 Å². The zero-order valence-corrected chi connectivity index (χ0v) is 17.6. The summed E-state index contributed by atoms with van der Waals surface area (Å²) in [6.07, 6.45) is 1.66. The van der Waals surface area contributed by atoms with Crippen LogP contribution < -0.4 is 0 Å². The van der Waals surface area contributed by atoms with E-state index in [1.54, 1.807) is 25.1 Å². The average Bonchev–Trinajstić information content (AvgIpc) is 3.24. The van der Waals surface area contributed by atoms with Crippen LogP contribution in [0.3, 0.4) is 0 Å². The van der Waals surface area contributed by atoms with Gasteiger partial charge in [0, 0.05) is 6.54 Å². The SMILES string of the molecule is Cc1noc(C)c1C(=O)N1CC2(C1)CS(=O)(=O)[C@@H](Cn1cnc3ccccc31)CO2. The zero-order valence-electron chi connectivity index (χ0n) is 16.7. The number of carbonyl (C=O) groups excluding carboxylic acids is 1. The molecule has 0 saturated carbocycles. The number of hydrogen-bond acceptors (Lipinski definition) is 7. The number of benzene rings is 1. The number of aryl methyl sites for hydroxylation is 2. The molecule has 1 aromatic carbocycles. The molecule has 4 heterocycles. The van der Waals surface area contributed by atoms with Crippen molar-refractivity contribution in [1.29, 1.82) is 0 Å². The molecule has 2 saturated heterocycles. The van der Waals surface area contributed by atoms with Crippen molar-refractivity contribution in [1.82, 2.24) is 19.6 Å². The third kappa shape index (κ3) is 3.02. The summed E-state index contributed by atoms with van der Waals surface area (Å²) in [7, 11) is -3.40. The van der Waals surface area contributed by atoms with Crippen LogP contribution in [0, 0.1) is 13.8 Å². The van der Waals surface area contributed by atoms with Crippen LogP contribution in [0.15, 0.2) is 35.1 Å². The third-order valence-corrected chi connectivity index (χ3v) is 8.20. The number of para-hydroxylation sites is 2. The van der Waals surface area contributed by atoms with Crippen molar-refractivity contribution in [2.24, 2.45) is 0 Å². The minimum absolute atomic E-state index is 0.0946. The molecule has 10 heteroatoms. The van der Waals surface area contributed by atoms with E-state index in [0.29, 0.717) is 23.6 Å². The van der Waals surface area contributed by atoms with Gasteiger partial charge in [-0.3, -0.25) is 4.79 Å². The lowest BCUT2D eigenvalue weighted by Gasteiger charge is -2.52. The number of imidazole rings is 1. The van der Waals surface area contributed by atoms with E-state index in [4.69, 9.17) is 9.26 Å². The van der Waals surface area contributed by atoms with Gasteiger partial charge in [-0.2, -0.15) is 0 Å². The molecule has 1 amide bonds. The van der Waals surface area contributed by atoms with Gasteiger partial charge in [-0.15, -0.1) is 0 Å². The minimum Gasteiger partial charge on any atom is -0.369 e. The van der Waals surface area contributed by atoms with E-state index >= 15 is 0 Å². The topological polar surface area (TPSA) is 108 Å². The molecule has 2 fully saturated rings. The highest BCUT2D eigenvalue weighted by Crippen LogP contribution is 2.34. The van der Waals surface area contributed by atoms with Gasteiger partial charge < -0.3 is 18.7 Å². The van der Waals surface area contributed by atoms with Crippen LogP contribution in [0.4, 0.5) is 0 Å². The largest absolute Gasteiger partial charge is 0.369 e. The highest BCUT2D eigenvalue weighted by molar-refractivity contribution is 7.92. The van der Waals surface area contributed by atoms with Gasteiger partial charge >= 0.3 is 0 Å². The Hall–Kier alpha value is -2.72. The Morgan fingerprint density at radius 3 is 2.73 bits per heavy atom. The van der Waals surface area contributed by atoms with Gasteiger partial charge in [-0.1, -0.05) is 17.3 Å². The van der Waals surface area contributed by atoms with E-state index in [0.717, 1.165) is 11.0 Å². The maximum absolute atomic E-state index is 13.0. The molecule has 1 spiro atoms. The van der Waals surface area contributed by atoms with Gasteiger partial charge in [-0.25, -0.2) is 13.4 Å². The van der Waals surface area contributed by atoms with Crippen molar-refractivity contribution in [3.05, 3.63) is 47.6 Å². The molecular weight excluding hydrogens is 408 g/mol. The number of fused-ring (bicyclic) bond motifs is 1. The fourth-order valence-corrected chi connectivity index (χ4v) is 6.26. The molecule has 0 N–H and O–H groups in total. The molecular formula is C20H22N4O5S. The highest BCUT2D eigenvalue weighted by Gasteiger charge is 2.54. The van der Waals surface area contributed by atoms with Crippen LogP contribution in [0.2, 0.25) is 0 Å². The molecule has 30 heavy (non-hydrogen) atoms. The Kier molecular flexibility index (Phi) is 4.26. The van der Waals surface area contributed by atoms with Gasteiger partial charge in [0.2, 0.25) is 0 Å². The summed E-state index contributed by atoms with van der Waals surface area (Å²) in [5.74, 6) is 0.163. The third-order valence-electron chi connectivity index (χ3n) is 5.97. The Morgan fingerprint density at radius 1 is 1.27 bits per heavy atom. The summed E-state index contributed by atoms with van der Waals surface area (Å²) in [6.45, 7) is 4.29. The van der Waals surface area contributed by atoms with Crippen LogP contribution in [-0.2, 0) is 21.1 Å². The van der Waals surface area contributed by atoms with E-state index in [-0.39, 0.29) is 31.4 Å². The lowest BCUT2D eigenvalue weighted by Crippen LogP contribution is -2.70. The molecule has 3 aromatic rings. The van der Waals surface area contributed by atoms with Crippen molar-refractivity contribution < 1.29 is 22.5 Å². The zero-order chi connectivity index (χ0) is 21.1. The van der Waals surface area contributed by atoms with Crippen molar-refractivity contribution in [3.63, 3.8) is 0 Å². The number of ether oxygens (including phenoxy) is 1. The summed E-state index contributed by atoms with van der Waals surface area (Å²) in [5, 5.41) is 3.17. The molecule has 1 atom stereocenters. The van der Waals surface area contributed by atoms with Crippen LogP contribution in [-0.4, -0.2) is 70.2 Å². The van der Waals surface area contributed by atoms with E-state index < -0.39 is 20.7 Å². The predicted molar refractivity (Wildman–Crippen MR) is 108 cm³/mol. The number of likely N-dealkylation sites (tertiary alicyclic amines) is 1. The summed E-state index contributed by atoms with van der Waals surface area (Å²) in [4.78, 5) is 18.6. The smallest absolute Gasteiger partial charge is 0.259 e. The van der Waals surface area contributed by atoms with Gasteiger partial charge in [0.15, 0.2) is 9.84 Å². The van der Waals surface area contributed by atoms with Crippen molar-refractivity contribution in [2.75, 3.05) is 25.4 Å². The number of rotatable bonds is 3. The molecule has 0 bridgehead atoms. The Morgan fingerprint density at radius 2 is 2.03 bits per heavy atom. The quantitative estimate of drug-likeness (QED) is 0.617. The Bertz CT molecular complexity index is 1220. The number of nitrogens with zero attached hydrogens (tertiary/aromatic N) is 4. The van der Waals surface area contributed by atoms with E-state index in [9.17, 15) is 13.2 Å². The fraction of sp³-hybridized carbons (Fsp3) is 0.450. The average molecular weight is 430 g/mol. The first-order chi connectivity index (χ1) is 14.3. The number of sulfone groups is 1. The first-order valence-electron chi connectivity index (χ1n) is 9.76. The van der Waals surface area contributed by atoms with Crippen LogP contribution in [0.25, 0.3) is 11.0 Å². The molecule has 0 unspecified atom stereocenters. The van der Waals surface area contributed by atoms with Gasteiger partial charge in [0.25, 0.3) is 5.91 Å². The molecule has 2 aliphatic rings. The summed E-state index contributed by atoms with van der Waals surface area (Å²) < 4.78 is 39.0. The van der Waals surface area contributed by atoms with Crippen LogP contribution in [0.1, 0.15) is 21.8 Å². The van der Waals surface area contributed by atoms with Gasteiger partial charge in [-0.05, 0) is 26.0 Å². The maximum Gasteiger partial charge on any atom is 0.259 e. The first kappa shape index (κ1) is 19.3. The van der Waals surface area contributed by atoms with Crippen LogP contribution in [0.5, 0.6) is 0 Å². The summed E-state index contributed by atoms with van der Waals surface area (Å²) in [5.41, 5.74) is 1.86. The number of carbonyl (C=O) groups is 1. The molecule has 5 rings (SSSR count). The number of hydrogen-bond donors (Lipinski definition) is 0. The molecule has 2 aromatic heterocycles. The predicted octanol–water partition coefficient (Wildman–Crippen LogP) is 1.35. The Balaban J connectivity index is 1.28. The van der Waals surface area contributed by atoms with E-state index in [1.165, 1.54) is 0 Å². The second-order valence-electron chi connectivity index (χ2n) is 8.17. The first-order valence-corrected chi connectivity index (χ1v) is 11.5. The highest BCUT2D eigenvalue weighted by atomic mass is 32.2. The van der Waals surface area contributed by atoms with Gasteiger partial charge in [0.05, 0.1) is 48.5 Å². The number of aromatic nitrogens is 3. The maximum atomic E-state index is 13.0. The standard InChI is InChI=1S/C20H22N4O5S/c1-13-18(14(2)29-22-13)19(25)24-9-20(10-24)11-30(26,27)15(8-28-20)7-23-12-21-16-5-3-4-6-17(16)23/h3-6,12,15H,7-11H2,1-2H3/t15-/m0/s1. The molecule has 0 radical (unpaired) electrons. The lowest BCUT2D eigenvalue weighted by atomic mass is 9.94. The molecule has 0 aliphatic carbocycles. The fourth-order valence-electron chi connectivity index (χ4n) is 4.36. The van der Waals surface area contributed by atoms with E-state index in [2.05, 4.69) is 10.1 Å². The van der Waals surface area contributed by atoms with Crippen molar-refractivity contribution in [2.45, 2.75) is 31.2 Å². The Labute approximate surface area is 173 Å². The normalized spacial score (nSPS) is 22.3. The second-order valence-corrected chi connectivity index (χ2v) is 10.5. The van der Waals surface area contributed by atoms with Gasteiger partial charge in [0.1, 0.15) is 22.2 Å². The summed E-state index contributed by atoms with van der Waals surface area (Å²) in [6, 6.07) is 7.62. The second kappa shape index (κ2) is 6.64. The summed E-state index contributed by atoms with van der Waals surface area (Å²) >= 11 is 0. The molecule has 9 nitrogen and oxygen atoms in total. The van der Waals surface area contributed by atoms with Crippen molar-refractivity contribution in [3.8, 4) is 0 Å². The minimum atomic E-state index is -3.40. The van der Waals surface area contributed by atoms with Crippen molar-refractivity contribution >= 4 is 26.8 Å². The molecule has 2 aliphatic heterocycles. The lowest BCUT2D eigenvalue weighted by molar-refractivity contribution is -0.121. The monoisotopic (exact) mass is 430 g/mol.